The van der Waals surface area contributed by atoms with Gasteiger partial charge in [0.1, 0.15) is 5.56 Å². The Bertz CT molecular complexity index is 491. The average molecular weight is 281 g/mol. The van der Waals surface area contributed by atoms with Crippen molar-refractivity contribution < 1.29 is 14.8 Å². The van der Waals surface area contributed by atoms with Gasteiger partial charge in [-0.25, -0.2) is 0 Å². The second-order valence-corrected chi connectivity index (χ2v) is 4.40. The van der Waals surface area contributed by atoms with Crippen molar-refractivity contribution in [3.63, 3.8) is 0 Å². The number of aliphatic hydroxyl groups excluding tert-OH is 1. The number of unbranched alkanes of at least 4 members (excludes halogenated alkanes) is 1. The van der Waals surface area contributed by atoms with E-state index in [-0.39, 0.29) is 24.4 Å². The molecule has 1 aromatic carbocycles. The molecule has 0 aliphatic carbocycles. The second kappa shape index (κ2) is 7.44. The lowest BCUT2D eigenvalue weighted by atomic mass is 10.1. The highest BCUT2D eigenvalue weighted by molar-refractivity contribution is 5.99. The third-order valence-electron chi connectivity index (χ3n) is 2.89. The summed E-state index contributed by atoms with van der Waals surface area (Å²) in [6, 6.07) is 3.91. The topological polar surface area (TPSA) is 110 Å². The molecule has 1 aromatic rings. The number of nitrogens with zero attached hydrogens (tertiary/aromatic N) is 2. The number of carbonyl (C=O) groups excluding carboxylic acids is 1. The molecule has 0 atom stereocenters. The standard InChI is InChI=1S/C13H19N3O4/c1-2-3-6-15(7-8-17)13(18)11-9-10(14)4-5-12(11)16(19)20/h4-5,9,17H,2-3,6-8,14H2,1H3. The first-order chi connectivity index (χ1) is 9.51. The lowest BCUT2D eigenvalue weighted by Crippen LogP contribution is -2.34. The highest BCUT2D eigenvalue weighted by atomic mass is 16.6. The van der Waals surface area contributed by atoms with Crippen molar-refractivity contribution in [1.29, 1.82) is 0 Å². The van der Waals surface area contributed by atoms with E-state index in [0.29, 0.717) is 12.2 Å². The Hall–Kier alpha value is -2.15. The van der Waals surface area contributed by atoms with E-state index in [4.69, 9.17) is 10.8 Å². The molecule has 7 heteroatoms. The highest BCUT2D eigenvalue weighted by Gasteiger charge is 2.24. The minimum atomic E-state index is -0.608. The van der Waals surface area contributed by atoms with Crippen molar-refractivity contribution >= 4 is 17.3 Å². The molecular formula is C13H19N3O4. The summed E-state index contributed by atoms with van der Waals surface area (Å²) in [5.41, 5.74) is 5.57. The summed E-state index contributed by atoms with van der Waals surface area (Å²) in [6.07, 6.45) is 1.65. The molecule has 3 N–H and O–H groups in total. The van der Waals surface area contributed by atoms with E-state index in [1.54, 1.807) is 0 Å². The first-order valence-corrected chi connectivity index (χ1v) is 6.45. The smallest absolute Gasteiger partial charge is 0.282 e. The largest absolute Gasteiger partial charge is 0.399 e. The molecule has 0 radical (unpaired) electrons. The fraction of sp³-hybridized carbons (Fsp3) is 0.462. The van der Waals surface area contributed by atoms with Gasteiger partial charge in [0.15, 0.2) is 0 Å². The number of nitro benzene ring substituents is 1. The van der Waals surface area contributed by atoms with Gasteiger partial charge in [-0.2, -0.15) is 0 Å². The van der Waals surface area contributed by atoms with E-state index in [9.17, 15) is 14.9 Å². The van der Waals surface area contributed by atoms with Crippen LogP contribution in [0.25, 0.3) is 0 Å². The van der Waals surface area contributed by atoms with E-state index in [1.165, 1.54) is 23.1 Å². The van der Waals surface area contributed by atoms with Crippen LogP contribution in [0.5, 0.6) is 0 Å². The zero-order valence-electron chi connectivity index (χ0n) is 11.4. The van der Waals surface area contributed by atoms with Gasteiger partial charge in [0.05, 0.1) is 11.5 Å². The van der Waals surface area contributed by atoms with Gasteiger partial charge in [-0.05, 0) is 18.6 Å². The molecule has 0 bridgehead atoms. The van der Waals surface area contributed by atoms with Gasteiger partial charge in [0.25, 0.3) is 11.6 Å². The molecular weight excluding hydrogens is 262 g/mol. The number of nitrogen functional groups attached to an aromatic ring is 1. The average Bonchev–Trinajstić information content (AvgIpc) is 2.42. The summed E-state index contributed by atoms with van der Waals surface area (Å²) in [4.78, 5) is 24.2. The molecule has 0 saturated carbocycles. The van der Waals surface area contributed by atoms with E-state index in [0.717, 1.165) is 12.8 Å². The van der Waals surface area contributed by atoms with Crippen LogP contribution in [0.1, 0.15) is 30.1 Å². The molecule has 0 spiro atoms. The number of carbonyl (C=O) groups is 1. The molecule has 0 saturated heterocycles. The number of rotatable bonds is 7. The van der Waals surface area contributed by atoms with Gasteiger partial charge in [0, 0.05) is 24.8 Å². The summed E-state index contributed by atoms with van der Waals surface area (Å²) >= 11 is 0. The molecule has 110 valence electrons. The maximum atomic E-state index is 12.4. The lowest BCUT2D eigenvalue weighted by molar-refractivity contribution is -0.385. The van der Waals surface area contributed by atoms with E-state index in [2.05, 4.69) is 0 Å². The van der Waals surface area contributed by atoms with Crippen LogP contribution in [0.3, 0.4) is 0 Å². The van der Waals surface area contributed by atoms with Gasteiger partial charge in [-0.15, -0.1) is 0 Å². The summed E-state index contributed by atoms with van der Waals surface area (Å²) in [5, 5.41) is 20.0. The third-order valence-corrected chi connectivity index (χ3v) is 2.89. The van der Waals surface area contributed by atoms with Crippen molar-refractivity contribution in [1.82, 2.24) is 4.90 Å². The van der Waals surface area contributed by atoms with Gasteiger partial charge in [-0.3, -0.25) is 14.9 Å². The zero-order valence-corrected chi connectivity index (χ0v) is 11.4. The zero-order chi connectivity index (χ0) is 15.1. The van der Waals surface area contributed by atoms with Crippen molar-refractivity contribution in [2.75, 3.05) is 25.4 Å². The maximum Gasteiger partial charge on any atom is 0.282 e. The van der Waals surface area contributed by atoms with Crippen LogP contribution in [0.15, 0.2) is 18.2 Å². The molecule has 0 unspecified atom stereocenters. The molecule has 1 rings (SSSR count). The Balaban J connectivity index is 3.09. The molecule has 0 aromatic heterocycles. The summed E-state index contributed by atoms with van der Waals surface area (Å²) < 4.78 is 0. The van der Waals surface area contributed by atoms with E-state index in [1.807, 2.05) is 6.92 Å². The Kier molecular flexibility index (Phi) is 5.92. The number of hydrogen-bond acceptors (Lipinski definition) is 5. The summed E-state index contributed by atoms with van der Waals surface area (Å²) in [6.45, 7) is 2.38. The lowest BCUT2D eigenvalue weighted by Gasteiger charge is -2.21. The monoisotopic (exact) mass is 281 g/mol. The van der Waals surface area contributed by atoms with E-state index < -0.39 is 10.8 Å². The van der Waals surface area contributed by atoms with Gasteiger partial charge < -0.3 is 15.7 Å². The normalized spacial score (nSPS) is 10.3. The SMILES string of the molecule is CCCCN(CCO)C(=O)c1cc(N)ccc1[N+](=O)[O-]. The number of nitrogens with two attached hydrogens (primary N) is 1. The Morgan fingerprint density at radius 1 is 1.45 bits per heavy atom. The fourth-order valence-electron chi connectivity index (χ4n) is 1.84. The number of amides is 1. The number of hydrogen-bond donors (Lipinski definition) is 2. The van der Waals surface area contributed by atoms with Crippen LogP contribution in [-0.4, -0.2) is 40.5 Å². The van der Waals surface area contributed by atoms with Crippen LogP contribution < -0.4 is 5.73 Å². The number of anilines is 1. The summed E-state index contributed by atoms with van der Waals surface area (Å²) in [5.74, 6) is -0.480. The number of nitro groups is 1. The molecule has 20 heavy (non-hydrogen) atoms. The first-order valence-electron chi connectivity index (χ1n) is 6.45. The Morgan fingerprint density at radius 2 is 2.15 bits per heavy atom. The van der Waals surface area contributed by atoms with Gasteiger partial charge >= 0.3 is 0 Å². The second-order valence-electron chi connectivity index (χ2n) is 4.40. The first kappa shape index (κ1) is 15.9. The fourth-order valence-corrected chi connectivity index (χ4v) is 1.84. The third kappa shape index (κ3) is 3.92. The van der Waals surface area contributed by atoms with Gasteiger partial charge in [-0.1, -0.05) is 13.3 Å². The van der Waals surface area contributed by atoms with Gasteiger partial charge in [0.2, 0.25) is 0 Å². The predicted molar refractivity (Wildman–Crippen MR) is 75.4 cm³/mol. The quantitative estimate of drug-likeness (QED) is 0.446. The van der Waals surface area contributed by atoms with E-state index >= 15 is 0 Å². The molecule has 0 aliphatic heterocycles. The van der Waals surface area contributed by atoms with Crippen LogP contribution in [0.2, 0.25) is 0 Å². The summed E-state index contributed by atoms with van der Waals surface area (Å²) in [7, 11) is 0. The Labute approximate surface area is 117 Å². The maximum absolute atomic E-state index is 12.4. The van der Waals surface area contributed by atoms with Crippen molar-refractivity contribution in [3.8, 4) is 0 Å². The predicted octanol–water partition coefficient (Wildman–Crippen LogP) is 1.41. The number of aliphatic hydroxyl groups is 1. The molecule has 1 amide bonds. The van der Waals surface area contributed by atoms with Crippen LogP contribution in [0, 0.1) is 10.1 Å². The van der Waals surface area contributed by atoms with Crippen molar-refractivity contribution in [2.24, 2.45) is 0 Å². The van der Waals surface area contributed by atoms with Crippen LogP contribution in [-0.2, 0) is 0 Å². The number of benzene rings is 1. The molecule has 0 heterocycles. The molecule has 0 aliphatic rings. The minimum Gasteiger partial charge on any atom is -0.399 e. The van der Waals surface area contributed by atoms with Crippen LogP contribution >= 0.6 is 0 Å². The van der Waals surface area contributed by atoms with Crippen LogP contribution in [0.4, 0.5) is 11.4 Å². The Morgan fingerprint density at radius 3 is 2.70 bits per heavy atom. The molecule has 7 nitrogen and oxygen atoms in total. The van der Waals surface area contributed by atoms with Crippen molar-refractivity contribution in [3.05, 3.63) is 33.9 Å². The van der Waals surface area contributed by atoms with Crippen molar-refractivity contribution in [2.45, 2.75) is 19.8 Å². The minimum absolute atomic E-state index is 0.0421. The molecule has 0 fully saturated rings. The highest BCUT2D eigenvalue weighted by Crippen LogP contribution is 2.23.